The van der Waals surface area contributed by atoms with Crippen LogP contribution < -0.4 is 11.3 Å². The second-order valence-corrected chi connectivity index (χ2v) is 6.58. The lowest BCUT2D eigenvalue weighted by Gasteiger charge is -2.25. The van der Waals surface area contributed by atoms with E-state index in [0.29, 0.717) is 10.8 Å². The van der Waals surface area contributed by atoms with Crippen molar-refractivity contribution in [2.24, 2.45) is 11.8 Å². The fourth-order valence-corrected chi connectivity index (χ4v) is 2.88. The van der Waals surface area contributed by atoms with Crippen molar-refractivity contribution in [1.82, 2.24) is 5.43 Å². The molecule has 1 rings (SSSR count). The topological polar surface area (TPSA) is 72.2 Å². The van der Waals surface area contributed by atoms with E-state index in [0.717, 1.165) is 18.4 Å². The van der Waals surface area contributed by atoms with Crippen molar-refractivity contribution in [3.05, 3.63) is 29.8 Å². The van der Waals surface area contributed by atoms with Crippen LogP contribution in [0.15, 0.2) is 29.2 Å². The minimum Gasteiger partial charge on any atom is -0.271 e. The second-order valence-electron chi connectivity index (χ2n) is 4.57. The number of hydrazine groups is 1. The van der Waals surface area contributed by atoms with Crippen molar-refractivity contribution in [3.63, 3.8) is 0 Å². The molecule has 1 atom stereocenters. The monoisotopic (exact) mass is 270 g/mol. The summed E-state index contributed by atoms with van der Waals surface area (Å²) in [5, 5.41) is 0. The van der Waals surface area contributed by atoms with Gasteiger partial charge in [0, 0.05) is 12.3 Å². The van der Waals surface area contributed by atoms with Gasteiger partial charge in [0.05, 0.1) is 4.90 Å². The van der Waals surface area contributed by atoms with Crippen molar-refractivity contribution in [3.8, 4) is 0 Å². The van der Waals surface area contributed by atoms with E-state index in [-0.39, 0.29) is 6.04 Å². The van der Waals surface area contributed by atoms with E-state index in [9.17, 15) is 8.42 Å². The zero-order valence-corrected chi connectivity index (χ0v) is 12.0. The van der Waals surface area contributed by atoms with Crippen molar-refractivity contribution in [2.75, 3.05) is 6.26 Å². The number of hydrogen-bond acceptors (Lipinski definition) is 4. The van der Waals surface area contributed by atoms with E-state index in [2.05, 4.69) is 19.3 Å². The van der Waals surface area contributed by atoms with Crippen molar-refractivity contribution in [2.45, 2.75) is 37.6 Å². The summed E-state index contributed by atoms with van der Waals surface area (Å²) in [6, 6.07) is 6.98. The molecular weight excluding hydrogens is 248 g/mol. The van der Waals surface area contributed by atoms with E-state index in [1.165, 1.54) is 6.26 Å². The van der Waals surface area contributed by atoms with E-state index in [4.69, 9.17) is 5.84 Å². The van der Waals surface area contributed by atoms with E-state index < -0.39 is 9.84 Å². The van der Waals surface area contributed by atoms with Crippen molar-refractivity contribution < 1.29 is 8.42 Å². The SMILES string of the molecule is CCC(CC)C(NN)c1cccc(S(C)(=O)=O)c1. The zero-order valence-electron chi connectivity index (χ0n) is 11.2. The molecule has 0 aliphatic heterocycles. The molecule has 102 valence electrons. The summed E-state index contributed by atoms with van der Waals surface area (Å²) in [7, 11) is -3.17. The summed E-state index contributed by atoms with van der Waals surface area (Å²) in [6.45, 7) is 4.22. The average molecular weight is 270 g/mol. The maximum atomic E-state index is 11.6. The average Bonchev–Trinajstić information content (AvgIpc) is 2.35. The molecule has 0 radical (unpaired) electrons. The Labute approximate surface area is 109 Å². The van der Waals surface area contributed by atoms with Crippen LogP contribution in [-0.4, -0.2) is 14.7 Å². The van der Waals surface area contributed by atoms with Crippen LogP contribution in [0.2, 0.25) is 0 Å². The summed E-state index contributed by atoms with van der Waals surface area (Å²) in [6.07, 6.45) is 3.21. The van der Waals surface area contributed by atoms with Crippen LogP contribution in [-0.2, 0) is 9.84 Å². The molecule has 0 saturated carbocycles. The Balaban J connectivity index is 3.15. The minimum atomic E-state index is -3.17. The molecule has 0 amide bonds. The smallest absolute Gasteiger partial charge is 0.175 e. The number of nitrogens with one attached hydrogen (secondary N) is 1. The van der Waals surface area contributed by atoms with Gasteiger partial charge in [0.25, 0.3) is 0 Å². The third-order valence-electron chi connectivity index (χ3n) is 3.35. The summed E-state index contributed by atoms with van der Waals surface area (Å²) >= 11 is 0. The Bertz CT molecular complexity index is 482. The first kappa shape index (κ1) is 15.1. The Morgan fingerprint density at radius 1 is 1.28 bits per heavy atom. The van der Waals surface area contributed by atoms with Crippen LogP contribution in [0.25, 0.3) is 0 Å². The standard InChI is InChI=1S/C13H22N2O2S/c1-4-10(5-2)13(15-14)11-7-6-8-12(9-11)18(3,16)17/h6-10,13,15H,4-5,14H2,1-3H3. The van der Waals surface area contributed by atoms with Gasteiger partial charge in [-0.2, -0.15) is 0 Å². The molecule has 0 aliphatic carbocycles. The number of nitrogens with two attached hydrogens (primary N) is 1. The highest BCUT2D eigenvalue weighted by Crippen LogP contribution is 2.27. The van der Waals surface area contributed by atoms with Gasteiger partial charge in [0.2, 0.25) is 0 Å². The Morgan fingerprint density at radius 2 is 1.89 bits per heavy atom. The zero-order chi connectivity index (χ0) is 13.8. The van der Waals surface area contributed by atoms with Gasteiger partial charge in [0.15, 0.2) is 9.84 Å². The summed E-state index contributed by atoms with van der Waals surface area (Å²) in [5.74, 6) is 6.01. The third-order valence-corrected chi connectivity index (χ3v) is 4.46. The highest BCUT2D eigenvalue weighted by Gasteiger charge is 2.20. The number of rotatable bonds is 6. The van der Waals surface area contributed by atoms with Gasteiger partial charge in [-0.25, -0.2) is 8.42 Å². The van der Waals surface area contributed by atoms with Gasteiger partial charge in [-0.15, -0.1) is 0 Å². The first-order valence-electron chi connectivity index (χ1n) is 6.20. The van der Waals surface area contributed by atoms with Crippen LogP contribution in [0, 0.1) is 5.92 Å². The minimum absolute atomic E-state index is 0.0123. The molecule has 0 bridgehead atoms. The highest BCUT2D eigenvalue weighted by atomic mass is 32.2. The van der Waals surface area contributed by atoms with Crippen LogP contribution in [0.4, 0.5) is 0 Å². The quantitative estimate of drug-likeness (QED) is 0.613. The third kappa shape index (κ3) is 3.54. The molecule has 0 aromatic heterocycles. The van der Waals surface area contributed by atoms with Gasteiger partial charge in [-0.05, 0) is 23.6 Å². The van der Waals surface area contributed by atoms with Gasteiger partial charge in [0.1, 0.15) is 0 Å². The first-order chi connectivity index (χ1) is 8.43. The fourth-order valence-electron chi connectivity index (χ4n) is 2.20. The van der Waals surface area contributed by atoms with Crippen LogP contribution in [0.5, 0.6) is 0 Å². The molecule has 5 heteroatoms. The van der Waals surface area contributed by atoms with E-state index in [1.54, 1.807) is 18.2 Å². The predicted octanol–water partition coefficient (Wildman–Crippen LogP) is 2.03. The summed E-state index contributed by atoms with van der Waals surface area (Å²) in [4.78, 5) is 0.339. The fraction of sp³-hybridized carbons (Fsp3) is 0.538. The molecule has 1 aromatic carbocycles. The van der Waals surface area contributed by atoms with Gasteiger partial charge >= 0.3 is 0 Å². The largest absolute Gasteiger partial charge is 0.271 e. The molecule has 0 aliphatic rings. The molecule has 3 N–H and O–H groups in total. The molecule has 0 fully saturated rings. The maximum absolute atomic E-state index is 11.6. The Hall–Kier alpha value is -0.910. The van der Waals surface area contributed by atoms with Gasteiger partial charge < -0.3 is 0 Å². The van der Waals surface area contributed by atoms with E-state index in [1.807, 2.05) is 6.07 Å². The second kappa shape index (κ2) is 6.31. The number of hydrogen-bond donors (Lipinski definition) is 2. The molecule has 18 heavy (non-hydrogen) atoms. The number of sulfone groups is 1. The molecule has 4 nitrogen and oxygen atoms in total. The summed E-state index contributed by atoms with van der Waals surface area (Å²) < 4.78 is 23.1. The van der Waals surface area contributed by atoms with E-state index >= 15 is 0 Å². The molecule has 0 saturated heterocycles. The Kier molecular flexibility index (Phi) is 5.31. The molecule has 0 spiro atoms. The Morgan fingerprint density at radius 3 is 2.33 bits per heavy atom. The van der Waals surface area contributed by atoms with Crippen LogP contribution in [0.3, 0.4) is 0 Å². The lowest BCUT2D eigenvalue weighted by atomic mass is 9.89. The lowest BCUT2D eigenvalue weighted by Crippen LogP contribution is -2.33. The highest BCUT2D eigenvalue weighted by molar-refractivity contribution is 7.90. The molecular formula is C13H22N2O2S. The van der Waals surface area contributed by atoms with Gasteiger partial charge in [-0.3, -0.25) is 11.3 Å². The summed E-state index contributed by atoms with van der Waals surface area (Å²) in [5.41, 5.74) is 3.73. The predicted molar refractivity (Wildman–Crippen MR) is 73.7 cm³/mol. The maximum Gasteiger partial charge on any atom is 0.175 e. The molecule has 1 aromatic rings. The first-order valence-corrected chi connectivity index (χ1v) is 8.09. The van der Waals surface area contributed by atoms with Crippen LogP contribution >= 0.6 is 0 Å². The van der Waals surface area contributed by atoms with Crippen molar-refractivity contribution in [1.29, 1.82) is 0 Å². The molecule has 1 unspecified atom stereocenters. The van der Waals surface area contributed by atoms with Crippen molar-refractivity contribution >= 4 is 9.84 Å². The number of benzene rings is 1. The molecule has 0 heterocycles. The normalized spacial score (nSPS) is 13.8. The lowest BCUT2D eigenvalue weighted by molar-refractivity contribution is 0.345. The van der Waals surface area contributed by atoms with Gasteiger partial charge in [-0.1, -0.05) is 38.8 Å². The van der Waals surface area contributed by atoms with Crippen LogP contribution in [0.1, 0.15) is 38.3 Å².